The lowest BCUT2D eigenvalue weighted by Crippen LogP contribution is -2.44. The SMILES string of the molecule is Cl.O=C1c2c(cc(OCC3CCC3)cc2C(F)(F)F)[C@@H]2CNCCN12. The summed E-state index contributed by atoms with van der Waals surface area (Å²) in [5.74, 6) is 0.129. The minimum absolute atomic E-state index is 0. The summed E-state index contributed by atoms with van der Waals surface area (Å²) in [6, 6.07) is 2.27. The molecule has 0 unspecified atom stereocenters. The Balaban J connectivity index is 0.00000182. The first-order valence-electron chi connectivity index (χ1n) is 8.35. The second-order valence-corrected chi connectivity index (χ2v) is 6.76. The van der Waals surface area contributed by atoms with Crippen LogP contribution in [0.3, 0.4) is 0 Å². The molecule has 1 aromatic carbocycles. The molecule has 25 heavy (non-hydrogen) atoms. The molecule has 4 rings (SSSR count). The van der Waals surface area contributed by atoms with Gasteiger partial charge >= 0.3 is 6.18 Å². The molecule has 0 aromatic heterocycles. The Morgan fingerprint density at radius 1 is 1.28 bits per heavy atom. The third-order valence-electron chi connectivity index (χ3n) is 5.24. The van der Waals surface area contributed by atoms with Crippen LogP contribution in [0.4, 0.5) is 13.2 Å². The van der Waals surface area contributed by atoms with Crippen LogP contribution in [-0.4, -0.2) is 37.0 Å². The van der Waals surface area contributed by atoms with Crippen molar-refractivity contribution in [1.82, 2.24) is 10.2 Å². The van der Waals surface area contributed by atoms with Crippen LogP contribution in [0.5, 0.6) is 5.75 Å². The average Bonchev–Trinajstić information content (AvgIpc) is 2.78. The van der Waals surface area contributed by atoms with Crippen molar-refractivity contribution in [2.24, 2.45) is 5.92 Å². The highest BCUT2D eigenvalue weighted by Crippen LogP contribution is 2.44. The van der Waals surface area contributed by atoms with Crippen LogP contribution in [0.2, 0.25) is 0 Å². The van der Waals surface area contributed by atoms with Gasteiger partial charge in [-0.25, -0.2) is 0 Å². The van der Waals surface area contributed by atoms with Gasteiger partial charge in [0.25, 0.3) is 5.91 Å². The first-order valence-corrected chi connectivity index (χ1v) is 8.35. The average molecular weight is 377 g/mol. The molecule has 2 fully saturated rings. The van der Waals surface area contributed by atoms with Crippen molar-refractivity contribution in [2.45, 2.75) is 31.5 Å². The van der Waals surface area contributed by atoms with E-state index in [0.717, 1.165) is 25.3 Å². The lowest BCUT2D eigenvalue weighted by atomic mass is 9.86. The number of benzene rings is 1. The predicted octanol–water partition coefficient (Wildman–Crippen LogP) is 3.41. The van der Waals surface area contributed by atoms with E-state index in [2.05, 4.69) is 5.32 Å². The summed E-state index contributed by atoms with van der Waals surface area (Å²) >= 11 is 0. The summed E-state index contributed by atoms with van der Waals surface area (Å²) in [5, 5.41) is 3.15. The number of hydrogen-bond acceptors (Lipinski definition) is 3. The third kappa shape index (κ3) is 3.19. The Bertz CT molecular complexity index is 677. The standard InChI is InChI=1S/C17H19F3N2O2.ClH/c18-17(19,20)13-7-11(24-9-10-2-1-3-10)6-12-14-8-21-4-5-22(14)16(23)15(12)13;/h6-7,10,14,21H,1-5,8-9H2;1H/t14-;/m0./s1. The fourth-order valence-corrected chi connectivity index (χ4v) is 3.69. The van der Waals surface area contributed by atoms with Crippen molar-refractivity contribution in [3.05, 3.63) is 28.8 Å². The van der Waals surface area contributed by atoms with Gasteiger partial charge in [0.2, 0.25) is 0 Å². The van der Waals surface area contributed by atoms with E-state index < -0.39 is 17.6 Å². The summed E-state index contributed by atoms with van der Waals surface area (Å²) in [6.07, 6.45) is -1.29. The van der Waals surface area contributed by atoms with E-state index in [4.69, 9.17) is 4.74 Å². The van der Waals surface area contributed by atoms with Crippen molar-refractivity contribution in [3.63, 3.8) is 0 Å². The number of hydrogen-bond donors (Lipinski definition) is 1. The Morgan fingerprint density at radius 2 is 2.04 bits per heavy atom. The molecule has 0 bridgehead atoms. The summed E-state index contributed by atoms with van der Waals surface area (Å²) in [4.78, 5) is 14.0. The minimum Gasteiger partial charge on any atom is -0.493 e. The van der Waals surface area contributed by atoms with E-state index in [9.17, 15) is 18.0 Å². The number of rotatable bonds is 3. The van der Waals surface area contributed by atoms with Crippen molar-refractivity contribution >= 4 is 18.3 Å². The fourth-order valence-electron chi connectivity index (χ4n) is 3.69. The van der Waals surface area contributed by atoms with Crippen LogP contribution in [0.25, 0.3) is 0 Å². The van der Waals surface area contributed by atoms with Gasteiger partial charge < -0.3 is 15.0 Å². The molecule has 1 aromatic rings. The highest BCUT2D eigenvalue weighted by Gasteiger charge is 2.46. The van der Waals surface area contributed by atoms with Crippen molar-refractivity contribution in [1.29, 1.82) is 0 Å². The number of amides is 1. The largest absolute Gasteiger partial charge is 0.493 e. The van der Waals surface area contributed by atoms with Crippen LogP contribution in [0.1, 0.15) is 46.8 Å². The van der Waals surface area contributed by atoms with Gasteiger partial charge in [0.05, 0.1) is 23.8 Å². The molecule has 8 heteroatoms. The van der Waals surface area contributed by atoms with Crippen LogP contribution in [0, 0.1) is 5.92 Å². The van der Waals surface area contributed by atoms with E-state index in [1.807, 2.05) is 0 Å². The third-order valence-corrected chi connectivity index (χ3v) is 5.24. The first-order chi connectivity index (χ1) is 11.4. The van der Waals surface area contributed by atoms with Gasteiger partial charge in [-0.3, -0.25) is 4.79 Å². The Kier molecular flexibility index (Phi) is 4.90. The molecule has 1 aliphatic carbocycles. The molecule has 3 aliphatic rings. The predicted molar refractivity (Wildman–Crippen MR) is 88.2 cm³/mol. The van der Waals surface area contributed by atoms with Crippen molar-refractivity contribution < 1.29 is 22.7 Å². The van der Waals surface area contributed by atoms with Crippen LogP contribution >= 0.6 is 12.4 Å². The Labute approximate surface area is 150 Å². The summed E-state index contributed by atoms with van der Waals surface area (Å²) < 4.78 is 46.2. The highest BCUT2D eigenvalue weighted by molar-refractivity contribution is 6.01. The quantitative estimate of drug-likeness (QED) is 0.879. The van der Waals surface area contributed by atoms with Gasteiger partial charge in [-0.05, 0) is 36.5 Å². The molecule has 0 spiro atoms. The Hall–Kier alpha value is -1.47. The van der Waals surface area contributed by atoms with Gasteiger partial charge in [0, 0.05) is 19.6 Å². The highest BCUT2D eigenvalue weighted by atomic mass is 35.5. The second kappa shape index (κ2) is 6.68. The summed E-state index contributed by atoms with van der Waals surface area (Å²) in [5.41, 5.74) is -0.638. The number of halogens is 4. The summed E-state index contributed by atoms with van der Waals surface area (Å²) in [7, 11) is 0. The molecule has 138 valence electrons. The minimum atomic E-state index is -4.57. The molecule has 0 radical (unpaired) electrons. The number of alkyl halides is 3. The van der Waals surface area contributed by atoms with Crippen LogP contribution < -0.4 is 10.1 Å². The molecular weight excluding hydrogens is 357 g/mol. The number of ether oxygens (including phenoxy) is 1. The summed E-state index contributed by atoms with van der Waals surface area (Å²) in [6.45, 7) is 1.94. The fraction of sp³-hybridized carbons (Fsp3) is 0.588. The number of nitrogens with zero attached hydrogens (tertiary/aromatic N) is 1. The monoisotopic (exact) mass is 376 g/mol. The number of fused-ring (bicyclic) bond motifs is 3. The number of nitrogens with one attached hydrogen (secondary N) is 1. The lowest BCUT2D eigenvalue weighted by Gasteiger charge is -2.30. The van der Waals surface area contributed by atoms with Crippen LogP contribution in [-0.2, 0) is 6.18 Å². The lowest BCUT2D eigenvalue weighted by molar-refractivity contribution is -0.138. The van der Waals surface area contributed by atoms with Gasteiger partial charge in [-0.2, -0.15) is 13.2 Å². The molecule has 2 heterocycles. The normalized spacial score (nSPS) is 22.8. The van der Waals surface area contributed by atoms with Crippen molar-refractivity contribution in [2.75, 3.05) is 26.2 Å². The zero-order chi connectivity index (χ0) is 16.9. The number of carbonyl (C=O) groups excluding carboxylic acids is 1. The van der Waals surface area contributed by atoms with Crippen molar-refractivity contribution in [3.8, 4) is 5.75 Å². The maximum absolute atomic E-state index is 13.5. The zero-order valence-electron chi connectivity index (χ0n) is 13.6. The first kappa shape index (κ1) is 18.3. The molecule has 1 amide bonds. The van der Waals surface area contributed by atoms with Gasteiger partial charge in [-0.15, -0.1) is 12.4 Å². The molecular formula is C17H20ClF3N2O2. The van der Waals surface area contributed by atoms with E-state index in [0.29, 0.717) is 37.7 Å². The maximum atomic E-state index is 13.5. The molecule has 2 aliphatic heterocycles. The van der Waals surface area contributed by atoms with E-state index in [-0.39, 0.29) is 29.8 Å². The number of carbonyl (C=O) groups is 1. The number of piperazine rings is 1. The van der Waals surface area contributed by atoms with E-state index in [1.54, 1.807) is 6.07 Å². The molecule has 1 N–H and O–H groups in total. The Morgan fingerprint density at radius 3 is 2.68 bits per heavy atom. The van der Waals surface area contributed by atoms with Crippen LogP contribution in [0.15, 0.2) is 12.1 Å². The molecule has 4 nitrogen and oxygen atoms in total. The van der Waals surface area contributed by atoms with E-state index in [1.165, 1.54) is 4.90 Å². The van der Waals surface area contributed by atoms with Gasteiger partial charge in [0.1, 0.15) is 5.75 Å². The molecule has 1 saturated carbocycles. The van der Waals surface area contributed by atoms with E-state index >= 15 is 0 Å². The molecule has 1 atom stereocenters. The molecule has 1 saturated heterocycles. The second-order valence-electron chi connectivity index (χ2n) is 6.76. The van der Waals surface area contributed by atoms with Gasteiger partial charge in [0.15, 0.2) is 0 Å². The maximum Gasteiger partial charge on any atom is 0.417 e. The zero-order valence-corrected chi connectivity index (χ0v) is 14.4. The smallest absolute Gasteiger partial charge is 0.417 e. The van der Waals surface area contributed by atoms with Gasteiger partial charge in [-0.1, -0.05) is 6.42 Å². The topological polar surface area (TPSA) is 41.6 Å².